The minimum Gasteiger partial charge on any atom is -0.311 e. The van der Waals surface area contributed by atoms with Crippen molar-refractivity contribution >= 4 is 165 Å². The van der Waals surface area contributed by atoms with Crippen molar-refractivity contribution in [2.75, 3.05) is 4.90 Å². The number of para-hydroxylation sites is 6. The number of rotatable bonds is 5. The first kappa shape index (κ1) is 36.0. The largest absolute Gasteiger partial charge is 0.311 e. The van der Waals surface area contributed by atoms with E-state index in [4.69, 9.17) is 12.3 Å². The molecule has 0 atom stereocenters. The zero-order valence-electron chi connectivity index (χ0n) is 71.4. The smallest absolute Gasteiger partial charge is 0.252 e. The summed E-state index contributed by atoms with van der Waals surface area (Å²) in [4.78, 5) is 2.19. The van der Waals surface area contributed by atoms with Crippen molar-refractivity contribution < 1.29 is 28.8 Å². The van der Waals surface area contributed by atoms with Gasteiger partial charge in [-0.1, -0.05) is 242 Å². The van der Waals surface area contributed by atoms with Crippen molar-refractivity contribution in [2.45, 2.75) is 0 Å². The molecule has 5 nitrogen and oxygen atoms in total. The van der Waals surface area contributed by atoms with Gasteiger partial charge >= 0.3 is 0 Å². The van der Waals surface area contributed by atoms with Crippen LogP contribution in [0.15, 0.2) is 327 Å². The van der Waals surface area contributed by atoms with Gasteiger partial charge in [0, 0.05) is 87.8 Å². The Morgan fingerprint density at radius 1 is 0.260 bits per heavy atom. The molecule has 6 heteroatoms. The molecule has 0 N–H and O–H groups in total. The van der Waals surface area contributed by atoms with Crippen molar-refractivity contribution in [2.24, 2.45) is 0 Å². The molecule has 0 unspecified atom stereocenters. The summed E-state index contributed by atoms with van der Waals surface area (Å²) >= 11 is 0. The Morgan fingerprint density at radius 2 is 0.781 bits per heavy atom. The van der Waals surface area contributed by atoms with Gasteiger partial charge in [-0.15, -0.1) is 0 Å². The monoisotopic (exact) mass is 1240 g/mol. The fraction of sp³-hybridized carbons (Fsp3) is 0. The van der Waals surface area contributed by atoms with Crippen LogP contribution in [0.4, 0.5) is 17.1 Å². The Bertz CT molecular complexity index is 7990. The fourth-order valence-corrected chi connectivity index (χ4v) is 16.3. The quantitative estimate of drug-likeness (QED) is 0.157. The molecule has 5 aromatic heterocycles. The Balaban J connectivity index is 0.995. The molecule has 0 saturated carbocycles. The highest BCUT2D eigenvalue weighted by Crippen LogP contribution is 2.51. The van der Waals surface area contributed by atoms with Gasteiger partial charge in [0.25, 0.3) is 6.71 Å². The number of benzene rings is 15. The first-order valence-electron chi connectivity index (χ1n) is 42.1. The van der Waals surface area contributed by atoms with Crippen LogP contribution in [0.5, 0.6) is 0 Å². The Kier molecular flexibility index (Phi) is 7.30. The third-order valence-corrected chi connectivity index (χ3v) is 20.0. The number of hydrogen-bond donors (Lipinski definition) is 0. The minimum atomic E-state index is -0.942. The molecule has 0 aliphatic carbocycles. The normalized spacial score (nSPS) is 15.8. The second-order valence-corrected chi connectivity index (χ2v) is 24.7. The van der Waals surface area contributed by atoms with E-state index in [0.717, 1.165) is 76.2 Å². The van der Waals surface area contributed by atoms with E-state index >= 15 is 0 Å². The Hall–Kier alpha value is -12.6. The molecule has 0 spiro atoms. The molecule has 2 aliphatic rings. The minimum absolute atomic E-state index is 0.0574. The van der Waals surface area contributed by atoms with Crippen LogP contribution in [-0.2, 0) is 0 Å². The maximum Gasteiger partial charge on any atom is 0.252 e. The molecule has 0 fully saturated rings. The average Bonchev–Trinajstić information content (AvgIpc) is 1.56. The third kappa shape index (κ3) is 6.98. The van der Waals surface area contributed by atoms with Gasteiger partial charge < -0.3 is 23.0 Å². The van der Waals surface area contributed by atoms with E-state index in [9.17, 15) is 16.4 Å². The number of anilines is 3. The van der Waals surface area contributed by atoms with Crippen molar-refractivity contribution in [3.8, 4) is 39.3 Å². The zero-order valence-corrected chi connectivity index (χ0v) is 50.4. The summed E-state index contributed by atoms with van der Waals surface area (Å²) in [6, 6.07) is 54.5. The van der Waals surface area contributed by atoms with Crippen molar-refractivity contribution in [3.05, 3.63) is 327 Å². The Labute approximate surface area is 581 Å². The van der Waals surface area contributed by atoms with Crippen LogP contribution < -0.4 is 21.3 Å². The van der Waals surface area contributed by atoms with E-state index in [1.54, 1.807) is 24.3 Å². The SMILES string of the molecule is [2H]c1c([2H])c([2H])c(-c2ccc3c(c2)N(c2ccc(-c4ccccc4)cc2)c2c4c(cc5c2c2cccc6c7ccccc7c7ccccc7c7ccccc7n5c62)-n2c5ccc(-n6c7c([2H])c([2H])c([2H])c([2H])c7c7c([2H])c([2H])c([2H])c([2H])c76)cc5c5cc(-n6c7c([2H])c([2H])c([2H])c([2H])c7c7c([2H])c([2H])c([2H])c([2H])c76)cc(c52)B34)c([2H])c1[2H]. The van der Waals surface area contributed by atoms with Crippen molar-refractivity contribution in [1.82, 2.24) is 18.1 Å². The van der Waals surface area contributed by atoms with Crippen LogP contribution in [0.3, 0.4) is 0 Å². The van der Waals surface area contributed by atoms with E-state index < -0.39 is 134 Å². The first-order valence-corrected chi connectivity index (χ1v) is 31.6. The van der Waals surface area contributed by atoms with E-state index in [-0.39, 0.29) is 66.1 Å². The fourth-order valence-electron chi connectivity index (χ4n) is 16.3. The molecule has 20 aromatic rings. The molecule has 2 aliphatic heterocycles. The topological polar surface area (TPSA) is 22.4 Å². The summed E-state index contributed by atoms with van der Waals surface area (Å²) in [5.41, 5.74) is 9.78. The van der Waals surface area contributed by atoms with E-state index in [1.165, 1.54) is 9.13 Å². The lowest BCUT2D eigenvalue weighted by molar-refractivity contribution is 1.16. The second kappa shape index (κ2) is 19.5. The molecule has 0 amide bonds. The van der Waals surface area contributed by atoms with Gasteiger partial charge in [0.15, 0.2) is 0 Å². The Morgan fingerprint density at radius 3 is 1.45 bits per heavy atom. The molecular weight excluding hydrogens is 1160 g/mol. The number of hydrogen-bond acceptors (Lipinski definition) is 1. The summed E-state index contributed by atoms with van der Waals surface area (Å²) in [7, 11) is 0. The van der Waals surface area contributed by atoms with Crippen LogP contribution in [0, 0.1) is 0 Å². The summed E-state index contributed by atoms with van der Waals surface area (Å²) in [6.07, 6.45) is 0. The second-order valence-electron chi connectivity index (χ2n) is 24.7. The predicted octanol–water partition coefficient (Wildman–Crippen LogP) is 21.5. The number of nitrogens with zero attached hydrogens (tertiary/aromatic N) is 5. The molecule has 0 radical (unpaired) electrons. The van der Waals surface area contributed by atoms with Gasteiger partial charge in [-0.25, -0.2) is 0 Å². The lowest BCUT2D eigenvalue weighted by Gasteiger charge is -2.41. The van der Waals surface area contributed by atoms with Gasteiger partial charge in [-0.2, -0.15) is 0 Å². The molecule has 0 bridgehead atoms. The van der Waals surface area contributed by atoms with Crippen molar-refractivity contribution in [1.29, 1.82) is 0 Å². The molecule has 96 heavy (non-hydrogen) atoms. The number of fused-ring (bicyclic) bond motifs is 24. The maximum absolute atomic E-state index is 9.93. The summed E-state index contributed by atoms with van der Waals surface area (Å²) < 4.78 is 204. The molecule has 7 heterocycles. The summed E-state index contributed by atoms with van der Waals surface area (Å²) in [5, 5.41) is 7.61. The predicted molar refractivity (Wildman–Crippen MR) is 407 cm³/mol. The first-order chi connectivity index (χ1) is 56.4. The van der Waals surface area contributed by atoms with Gasteiger partial charge in [-0.3, -0.25) is 0 Å². The molecule has 442 valence electrons. The maximum atomic E-state index is 9.93. The van der Waals surface area contributed by atoms with Crippen LogP contribution >= 0.6 is 0 Å². The van der Waals surface area contributed by atoms with Crippen LogP contribution in [0.25, 0.3) is 164 Å². The third-order valence-electron chi connectivity index (χ3n) is 20.0. The summed E-state index contributed by atoms with van der Waals surface area (Å²) in [6.45, 7) is -0.942. The average molecular weight is 1240 g/mol. The lowest BCUT2D eigenvalue weighted by atomic mass is 9.33. The van der Waals surface area contributed by atoms with Crippen LogP contribution in [0.2, 0.25) is 0 Å². The van der Waals surface area contributed by atoms with Crippen LogP contribution in [0.1, 0.15) is 28.8 Å². The van der Waals surface area contributed by atoms with Crippen LogP contribution in [-0.4, -0.2) is 24.8 Å². The van der Waals surface area contributed by atoms with Crippen molar-refractivity contribution in [3.63, 3.8) is 0 Å². The van der Waals surface area contributed by atoms with Gasteiger partial charge in [0.2, 0.25) is 0 Å². The lowest BCUT2D eigenvalue weighted by Crippen LogP contribution is -2.60. The van der Waals surface area contributed by atoms with E-state index in [1.807, 2.05) is 115 Å². The molecule has 22 rings (SSSR count). The molecule has 0 saturated heterocycles. The highest BCUT2D eigenvalue weighted by molar-refractivity contribution is 7.00. The van der Waals surface area contributed by atoms with Gasteiger partial charge in [-0.05, 0) is 145 Å². The molecule has 15 aromatic carbocycles. The van der Waals surface area contributed by atoms with E-state index in [2.05, 4.69) is 74.5 Å². The van der Waals surface area contributed by atoms with Gasteiger partial charge in [0.1, 0.15) is 0 Å². The highest BCUT2D eigenvalue weighted by Gasteiger charge is 2.45. The number of aromatic nitrogens is 4. The standard InChI is InChI=1S/C90H54BN5/c1-3-22-55(23-4-1)57-42-45-59(46-43-57)94-83-50-58(56-24-5-2-6-25-56)44-48-75(83)91-76-53-61(93-79-39-18-14-33-69(79)70-34-15-19-40-80(70)93)52-74-73-51-60(92-77-37-16-12-31-67(77)68-32-13-17-38-78(68)92)47-49-82(73)96(89(74)76)85-54-84-86(90(94)87(85)91)72-36-21-35-71-65-29-10-8-27-63(65)62-26-7-9-28-64(62)66-30-11-20-41-81(66)95(84)88(71)72/h1-54H/i2D,5D,6D,12D,13D,14D,15D,16D,17D,18D,19D,24D,25D,31D,32D,33D,34D,37D,38D,39D,40D. The zero-order chi connectivity index (χ0) is 80.7. The summed E-state index contributed by atoms with van der Waals surface area (Å²) in [5.74, 6) is 0. The van der Waals surface area contributed by atoms with E-state index in [0.29, 0.717) is 55.5 Å². The van der Waals surface area contributed by atoms with Gasteiger partial charge in [0.05, 0.1) is 78.6 Å². The highest BCUT2D eigenvalue weighted by atomic mass is 15.2. The molecular formula is C90H54BN5.